The molecule has 1 aliphatic heterocycles. The Bertz CT molecular complexity index is 1100. The molecule has 0 aromatic carbocycles. The predicted octanol–water partition coefficient (Wildman–Crippen LogP) is 0.897. The highest BCUT2D eigenvalue weighted by Crippen LogP contribution is 2.46. The van der Waals surface area contributed by atoms with Crippen molar-refractivity contribution in [3.8, 4) is 0 Å². The molecule has 2 heterocycles. The number of unbranched alkanes of at least 4 members (excludes halogenated alkanes) is 1. The summed E-state index contributed by atoms with van der Waals surface area (Å²) in [5.74, 6) is -1.65. The van der Waals surface area contributed by atoms with E-state index in [0.29, 0.717) is 6.42 Å². The normalized spacial score (nSPS) is 26.5. The number of esters is 1. The molecule has 0 saturated carbocycles. The van der Waals surface area contributed by atoms with Gasteiger partial charge in [0.15, 0.2) is 5.72 Å². The Morgan fingerprint density at radius 2 is 2.18 bits per heavy atom. The number of ether oxygens (including phenoxy) is 2. The second kappa shape index (κ2) is 10.8. The Morgan fingerprint density at radius 3 is 2.76 bits per heavy atom. The summed E-state index contributed by atoms with van der Waals surface area (Å²) in [6.45, 7) is 5.26. The van der Waals surface area contributed by atoms with Gasteiger partial charge in [-0.2, -0.15) is 0 Å². The maximum Gasteiger partial charge on any atom is 0.403 e. The van der Waals surface area contributed by atoms with Gasteiger partial charge in [0.25, 0.3) is 5.56 Å². The van der Waals surface area contributed by atoms with E-state index < -0.39 is 61.1 Å². The van der Waals surface area contributed by atoms with Gasteiger partial charge in [-0.05, 0) is 25.8 Å². The number of nitrogens with zero attached hydrogens (tertiary/aromatic N) is 4. The molecule has 1 aromatic heterocycles. The van der Waals surface area contributed by atoms with E-state index in [-0.39, 0.29) is 6.61 Å². The Balaban J connectivity index is 2.21. The first kappa shape index (κ1) is 27.7. The molecule has 2 rings (SSSR count). The molecular weight excluding hydrogens is 475 g/mol. The molecule has 1 aromatic rings. The molecule has 15 nitrogen and oxygen atoms in total. The zero-order chi connectivity index (χ0) is 25.7. The maximum absolute atomic E-state index is 12.6. The van der Waals surface area contributed by atoms with Crippen molar-refractivity contribution in [2.75, 3.05) is 13.2 Å². The van der Waals surface area contributed by atoms with Gasteiger partial charge in [0.1, 0.15) is 11.8 Å². The standard InChI is InChI=1S/C18H29N6O9P/c1-5-6-9-31-15(27)17(3,4)22-34(29,30)32-10-18(21-23-19)13(26)11(2)14(33-18)24-8-7-12(25)20-16(24)28/h7-8,11,13-14,26H,5-6,9-10H2,1-4H3,(H,20,25,28)(H2,22,29,30)/t11-,13-,14+,18+/m0/s1. The first-order valence-corrected chi connectivity index (χ1v) is 12.0. The Hall–Kier alpha value is -2.51. The summed E-state index contributed by atoms with van der Waals surface area (Å²) in [5.41, 5.74) is 3.72. The van der Waals surface area contributed by atoms with E-state index in [1.54, 1.807) is 0 Å². The molecule has 1 fully saturated rings. The van der Waals surface area contributed by atoms with Gasteiger partial charge in [0, 0.05) is 23.1 Å². The van der Waals surface area contributed by atoms with Crippen molar-refractivity contribution in [1.29, 1.82) is 0 Å². The predicted molar refractivity (Wildman–Crippen MR) is 117 cm³/mol. The average molecular weight is 504 g/mol. The van der Waals surface area contributed by atoms with Crippen LogP contribution in [-0.2, 0) is 23.4 Å². The summed E-state index contributed by atoms with van der Waals surface area (Å²) in [5, 5.41) is 16.3. The van der Waals surface area contributed by atoms with Gasteiger partial charge in [-0.3, -0.25) is 23.7 Å². The number of H-pyrrole nitrogens is 1. The first-order chi connectivity index (χ1) is 15.8. The fourth-order valence-corrected chi connectivity index (χ4v) is 4.52. The number of aliphatic hydroxyl groups excluding tert-OH is 1. The van der Waals surface area contributed by atoms with Crippen LogP contribution in [0.3, 0.4) is 0 Å². The molecule has 1 saturated heterocycles. The van der Waals surface area contributed by atoms with Crippen molar-refractivity contribution in [3.63, 3.8) is 0 Å². The molecule has 5 atom stereocenters. The van der Waals surface area contributed by atoms with Crippen molar-refractivity contribution >= 4 is 13.7 Å². The van der Waals surface area contributed by atoms with Crippen LogP contribution in [0.4, 0.5) is 0 Å². The minimum atomic E-state index is -4.72. The third kappa shape index (κ3) is 6.33. The molecule has 1 unspecified atom stereocenters. The van der Waals surface area contributed by atoms with Crippen molar-refractivity contribution in [2.24, 2.45) is 11.0 Å². The highest BCUT2D eigenvalue weighted by atomic mass is 31.2. The number of nitrogens with one attached hydrogen (secondary N) is 2. The first-order valence-electron chi connectivity index (χ1n) is 10.5. The molecule has 0 amide bonds. The molecule has 16 heteroatoms. The van der Waals surface area contributed by atoms with E-state index in [4.69, 9.17) is 19.5 Å². The van der Waals surface area contributed by atoms with Crippen LogP contribution >= 0.6 is 7.75 Å². The van der Waals surface area contributed by atoms with Crippen molar-refractivity contribution in [3.05, 3.63) is 43.5 Å². The van der Waals surface area contributed by atoms with Crippen LogP contribution in [0.25, 0.3) is 10.4 Å². The average Bonchev–Trinajstić information content (AvgIpc) is 2.98. The largest absolute Gasteiger partial charge is 0.464 e. The number of hydrogen-bond donors (Lipinski definition) is 4. The summed E-state index contributed by atoms with van der Waals surface area (Å²) in [7, 11) is -4.72. The summed E-state index contributed by atoms with van der Waals surface area (Å²) < 4.78 is 29.4. The number of aromatic nitrogens is 2. The lowest BCUT2D eigenvalue weighted by molar-refractivity contribution is -0.150. The molecule has 190 valence electrons. The van der Waals surface area contributed by atoms with E-state index in [0.717, 1.165) is 23.3 Å². The fraction of sp³-hybridized carbons (Fsp3) is 0.722. The van der Waals surface area contributed by atoms with Gasteiger partial charge in [0.2, 0.25) is 0 Å². The third-order valence-electron chi connectivity index (χ3n) is 5.18. The van der Waals surface area contributed by atoms with E-state index in [1.165, 1.54) is 20.8 Å². The lowest BCUT2D eigenvalue weighted by Crippen LogP contribution is -2.48. The molecule has 0 radical (unpaired) electrons. The van der Waals surface area contributed by atoms with Crippen LogP contribution in [-0.4, -0.2) is 56.1 Å². The number of aromatic amines is 1. The molecule has 0 spiro atoms. The van der Waals surface area contributed by atoms with E-state index in [9.17, 15) is 28.9 Å². The van der Waals surface area contributed by atoms with Crippen LogP contribution in [0.1, 0.15) is 46.8 Å². The van der Waals surface area contributed by atoms with Crippen LogP contribution in [0.5, 0.6) is 0 Å². The van der Waals surface area contributed by atoms with Gasteiger partial charge in [-0.1, -0.05) is 25.4 Å². The van der Waals surface area contributed by atoms with E-state index >= 15 is 0 Å². The molecule has 0 bridgehead atoms. The number of carbonyl (C=O) groups is 1. The zero-order valence-electron chi connectivity index (χ0n) is 19.2. The topological polar surface area (TPSA) is 218 Å². The number of rotatable bonds is 11. The number of aliphatic hydroxyl groups is 1. The molecular formula is C18H29N6O9P. The van der Waals surface area contributed by atoms with Crippen molar-refractivity contribution < 1.29 is 33.4 Å². The van der Waals surface area contributed by atoms with Gasteiger partial charge in [-0.15, -0.1) is 0 Å². The molecule has 4 N–H and O–H groups in total. The summed E-state index contributed by atoms with van der Waals surface area (Å²) in [6, 6.07) is 1.06. The third-order valence-corrected chi connectivity index (χ3v) is 6.50. The van der Waals surface area contributed by atoms with E-state index in [2.05, 4.69) is 15.1 Å². The van der Waals surface area contributed by atoms with Gasteiger partial charge in [-0.25, -0.2) is 14.4 Å². The summed E-state index contributed by atoms with van der Waals surface area (Å²) in [6.07, 6.45) is -0.232. The number of carbonyl (C=O) groups excluding carboxylic acids is 1. The minimum Gasteiger partial charge on any atom is -0.464 e. The van der Waals surface area contributed by atoms with Crippen LogP contribution in [0.15, 0.2) is 27.0 Å². The van der Waals surface area contributed by atoms with Crippen molar-refractivity contribution in [1.82, 2.24) is 14.6 Å². The van der Waals surface area contributed by atoms with Gasteiger partial charge >= 0.3 is 19.4 Å². The fourth-order valence-electron chi connectivity index (χ4n) is 3.30. The second-order valence-corrected chi connectivity index (χ2v) is 9.91. The van der Waals surface area contributed by atoms with Crippen molar-refractivity contribution in [2.45, 2.75) is 64.1 Å². The quantitative estimate of drug-likeness (QED) is 0.0833. The Labute approximate surface area is 194 Å². The molecule has 1 aliphatic rings. The lowest BCUT2D eigenvalue weighted by Gasteiger charge is -2.30. The van der Waals surface area contributed by atoms with E-state index in [1.807, 2.05) is 11.9 Å². The highest BCUT2D eigenvalue weighted by molar-refractivity contribution is 7.50. The zero-order valence-corrected chi connectivity index (χ0v) is 20.1. The summed E-state index contributed by atoms with van der Waals surface area (Å²) in [4.78, 5) is 50.7. The SMILES string of the molecule is CCCCOC(=O)C(C)(C)NP(=O)(O)OC[C@@]1(N=[N+]=[N-])O[C@@H](n2ccc(=O)[nH]c2=O)[C@@H](C)[C@@H]1O. The Morgan fingerprint density at radius 1 is 1.50 bits per heavy atom. The highest BCUT2D eigenvalue weighted by Gasteiger charge is 2.55. The molecule has 34 heavy (non-hydrogen) atoms. The number of hydrogen-bond acceptors (Lipinski definition) is 9. The van der Waals surface area contributed by atoms with Crippen LogP contribution in [0.2, 0.25) is 0 Å². The lowest BCUT2D eigenvalue weighted by atomic mass is 9.98. The van der Waals surface area contributed by atoms with Crippen LogP contribution < -0.4 is 16.3 Å². The summed E-state index contributed by atoms with van der Waals surface area (Å²) >= 11 is 0. The minimum absolute atomic E-state index is 0.139. The smallest absolute Gasteiger partial charge is 0.403 e. The molecule has 0 aliphatic carbocycles. The van der Waals surface area contributed by atoms with Gasteiger partial charge < -0.3 is 19.5 Å². The number of azide groups is 1. The second-order valence-electron chi connectivity index (χ2n) is 8.38. The van der Waals surface area contributed by atoms with Gasteiger partial charge in [0.05, 0.1) is 19.3 Å². The van der Waals surface area contributed by atoms with Crippen LogP contribution in [0, 0.1) is 5.92 Å². The monoisotopic (exact) mass is 504 g/mol. The maximum atomic E-state index is 12.6. The Kier molecular flexibility index (Phi) is 8.83.